The van der Waals surface area contributed by atoms with E-state index in [1.165, 1.54) is 6.92 Å². The second kappa shape index (κ2) is 6.02. The highest BCUT2D eigenvalue weighted by Gasteiger charge is 2.19. The third kappa shape index (κ3) is 3.24. The number of rotatable bonds is 3. The molecule has 0 saturated heterocycles. The van der Waals surface area contributed by atoms with E-state index >= 15 is 0 Å². The average molecular weight is 319 g/mol. The van der Waals surface area contributed by atoms with Gasteiger partial charge < -0.3 is 4.74 Å². The maximum atomic E-state index is 11.4. The van der Waals surface area contributed by atoms with E-state index in [0.717, 1.165) is 21.2 Å². The van der Waals surface area contributed by atoms with E-state index < -0.39 is 0 Å². The Morgan fingerprint density at radius 2 is 1.79 bits per heavy atom. The normalized spacial score (nSPS) is 11.9. The van der Waals surface area contributed by atoms with Gasteiger partial charge in [-0.25, -0.2) is 0 Å². The molecule has 0 spiro atoms. The summed E-state index contributed by atoms with van der Waals surface area (Å²) < 4.78 is 6.51. The van der Waals surface area contributed by atoms with E-state index in [0.29, 0.717) is 0 Å². The first-order chi connectivity index (χ1) is 9.09. The lowest BCUT2D eigenvalue weighted by Crippen LogP contribution is -2.11. The van der Waals surface area contributed by atoms with Gasteiger partial charge in [-0.3, -0.25) is 4.79 Å². The third-order valence-corrected chi connectivity index (χ3v) is 3.84. The maximum Gasteiger partial charge on any atom is 0.303 e. The Balaban J connectivity index is 2.49. The van der Waals surface area contributed by atoms with E-state index in [2.05, 4.69) is 15.9 Å². The van der Waals surface area contributed by atoms with Crippen LogP contribution >= 0.6 is 15.9 Å². The SMILES string of the molecule is CC(=O)OC(c1ccccc1)c1cccc(Br)c1C. The van der Waals surface area contributed by atoms with E-state index in [1.807, 2.05) is 55.5 Å². The summed E-state index contributed by atoms with van der Waals surface area (Å²) in [4.78, 5) is 11.4. The van der Waals surface area contributed by atoms with Gasteiger partial charge in [-0.05, 0) is 24.1 Å². The summed E-state index contributed by atoms with van der Waals surface area (Å²) in [5, 5.41) is 0. The number of benzene rings is 2. The first-order valence-electron chi connectivity index (χ1n) is 6.06. The van der Waals surface area contributed by atoms with Crippen LogP contribution in [-0.2, 0) is 9.53 Å². The Bertz CT molecular complexity index is 579. The molecule has 19 heavy (non-hydrogen) atoms. The van der Waals surface area contributed by atoms with Crippen molar-refractivity contribution in [3.05, 3.63) is 69.7 Å². The van der Waals surface area contributed by atoms with Crippen LogP contribution in [0.1, 0.15) is 29.7 Å². The summed E-state index contributed by atoms with van der Waals surface area (Å²) in [6.45, 7) is 3.45. The van der Waals surface area contributed by atoms with Gasteiger partial charge >= 0.3 is 5.97 Å². The van der Waals surface area contributed by atoms with Crippen LogP contribution in [0.15, 0.2) is 53.0 Å². The molecule has 0 aromatic heterocycles. The molecule has 0 heterocycles. The second-order valence-electron chi connectivity index (χ2n) is 4.35. The minimum Gasteiger partial charge on any atom is -0.453 e. The Hall–Kier alpha value is -1.61. The molecule has 0 aliphatic heterocycles. The number of ether oxygens (including phenoxy) is 1. The Kier molecular flexibility index (Phi) is 4.38. The molecular weight excluding hydrogens is 304 g/mol. The summed E-state index contributed by atoms with van der Waals surface area (Å²) in [5.74, 6) is -0.284. The van der Waals surface area contributed by atoms with E-state index in [1.54, 1.807) is 0 Å². The van der Waals surface area contributed by atoms with Crippen molar-refractivity contribution in [3.8, 4) is 0 Å². The number of hydrogen-bond acceptors (Lipinski definition) is 2. The molecule has 0 aliphatic carbocycles. The molecule has 2 nitrogen and oxygen atoms in total. The Labute approximate surface area is 121 Å². The van der Waals surface area contributed by atoms with E-state index in [-0.39, 0.29) is 12.1 Å². The molecule has 1 atom stereocenters. The third-order valence-electron chi connectivity index (χ3n) is 2.98. The molecule has 2 aromatic carbocycles. The van der Waals surface area contributed by atoms with Crippen LogP contribution in [-0.4, -0.2) is 5.97 Å². The quantitative estimate of drug-likeness (QED) is 0.783. The van der Waals surface area contributed by atoms with Crippen LogP contribution in [0.3, 0.4) is 0 Å². The van der Waals surface area contributed by atoms with E-state index in [9.17, 15) is 4.79 Å². The van der Waals surface area contributed by atoms with Crippen molar-refractivity contribution in [3.63, 3.8) is 0 Å². The number of halogens is 1. The lowest BCUT2D eigenvalue weighted by atomic mass is 9.97. The van der Waals surface area contributed by atoms with Crippen molar-refractivity contribution >= 4 is 21.9 Å². The predicted molar refractivity (Wildman–Crippen MR) is 78.9 cm³/mol. The zero-order valence-electron chi connectivity index (χ0n) is 10.9. The molecule has 2 rings (SSSR count). The van der Waals surface area contributed by atoms with Crippen LogP contribution in [0.5, 0.6) is 0 Å². The molecule has 0 N–H and O–H groups in total. The van der Waals surface area contributed by atoms with Gasteiger partial charge in [0.05, 0.1) is 0 Å². The summed E-state index contributed by atoms with van der Waals surface area (Å²) >= 11 is 3.51. The molecule has 3 heteroatoms. The predicted octanol–water partition coefficient (Wildman–Crippen LogP) is 4.41. The van der Waals surface area contributed by atoms with Crippen LogP contribution in [0.4, 0.5) is 0 Å². The van der Waals surface area contributed by atoms with Gasteiger partial charge in [0, 0.05) is 17.0 Å². The molecule has 98 valence electrons. The monoisotopic (exact) mass is 318 g/mol. The molecule has 0 aliphatic rings. The molecule has 0 saturated carbocycles. The number of carbonyl (C=O) groups excluding carboxylic acids is 1. The largest absolute Gasteiger partial charge is 0.453 e. The highest BCUT2D eigenvalue weighted by Crippen LogP contribution is 2.31. The van der Waals surface area contributed by atoms with Crippen LogP contribution < -0.4 is 0 Å². The Morgan fingerprint density at radius 1 is 1.11 bits per heavy atom. The zero-order chi connectivity index (χ0) is 13.8. The lowest BCUT2D eigenvalue weighted by Gasteiger charge is -2.20. The topological polar surface area (TPSA) is 26.3 Å². The summed E-state index contributed by atoms with van der Waals surface area (Å²) in [7, 11) is 0. The molecule has 1 unspecified atom stereocenters. The lowest BCUT2D eigenvalue weighted by molar-refractivity contribution is -0.144. The van der Waals surface area contributed by atoms with Crippen molar-refractivity contribution in [2.45, 2.75) is 20.0 Å². The number of carbonyl (C=O) groups is 1. The number of esters is 1. The highest BCUT2D eigenvalue weighted by atomic mass is 79.9. The summed E-state index contributed by atoms with van der Waals surface area (Å²) in [6.07, 6.45) is -0.365. The van der Waals surface area contributed by atoms with Gasteiger partial charge in [0.1, 0.15) is 0 Å². The van der Waals surface area contributed by atoms with Crippen molar-refractivity contribution < 1.29 is 9.53 Å². The molecule has 2 aromatic rings. The van der Waals surface area contributed by atoms with Crippen LogP contribution in [0, 0.1) is 6.92 Å². The van der Waals surface area contributed by atoms with Crippen molar-refractivity contribution in [1.82, 2.24) is 0 Å². The van der Waals surface area contributed by atoms with Gasteiger partial charge in [-0.2, -0.15) is 0 Å². The van der Waals surface area contributed by atoms with Crippen molar-refractivity contribution in [2.24, 2.45) is 0 Å². The van der Waals surface area contributed by atoms with Crippen LogP contribution in [0.25, 0.3) is 0 Å². The van der Waals surface area contributed by atoms with Gasteiger partial charge in [-0.15, -0.1) is 0 Å². The van der Waals surface area contributed by atoms with Gasteiger partial charge in [0.25, 0.3) is 0 Å². The second-order valence-corrected chi connectivity index (χ2v) is 5.21. The van der Waals surface area contributed by atoms with Crippen LogP contribution in [0.2, 0.25) is 0 Å². The first-order valence-corrected chi connectivity index (χ1v) is 6.86. The first kappa shape index (κ1) is 13.8. The molecule has 0 radical (unpaired) electrons. The summed E-state index contributed by atoms with van der Waals surface area (Å²) in [5.41, 5.74) is 3.05. The van der Waals surface area contributed by atoms with E-state index in [4.69, 9.17) is 4.74 Å². The minimum atomic E-state index is -0.365. The van der Waals surface area contributed by atoms with Crippen molar-refractivity contribution in [1.29, 1.82) is 0 Å². The molecule has 0 amide bonds. The van der Waals surface area contributed by atoms with Gasteiger partial charge in [0.15, 0.2) is 6.10 Å². The minimum absolute atomic E-state index is 0.284. The molecule has 0 bridgehead atoms. The molecule has 0 fully saturated rings. The van der Waals surface area contributed by atoms with Gasteiger partial charge in [-0.1, -0.05) is 58.4 Å². The maximum absolute atomic E-state index is 11.4. The van der Waals surface area contributed by atoms with Crippen molar-refractivity contribution in [2.75, 3.05) is 0 Å². The average Bonchev–Trinajstić information content (AvgIpc) is 2.40. The fourth-order valence-electron chi connectivity index (χ4n) is 2.01. The fourth-order valence-corrected chi connectivity index (χ4v) is 2.39. The highest BCUT2D eigenvalue weighted by molar-refractivity contribution is 9.10. The fraction of sp³-hybridized carbons (Fsp3) is 0.188. The molecular formula is C16H15BrO2. The number of hydrogen-bond donors (Lipinski definition) is 0. The Morgan fingerprint density at radius 3 is 2.42 bits per heavy atom. The van der Waals surface area contributed by atoms with Gasteiger partial charge in [0.2, 0.25) is 0 Å². The standard InChI is InChI=1S/C16H15BrO2/c1-11-14(9-6-10-15(11)17)16(19-12(2)18)13-7-4-3-5-8-13/h3-10,16H,1-2H3. The summed E-state index contributed by atoms with van der Waals surface area (Å²) in [6, 6.07) is 15.7. The zero-order valence-corrected chi connectivity index (χ0v) is 12.5. The smallest absolute Gasteiger partial charge is 0.303 e.